The highest BCUT2D eigenvalue weighted by molar-refractivity contribution is 7.15. The maximum absolute atomic E-state index is 11.3. The quantitative estimate of drug-likeness (QED) is 0.325. The van der Waals surface area contributed by atoms with Gasteiger partial charge < -0.3 is 10.4 Å². The highest BCUT2D eigenvalue weighted by Crippen LogP contribution is 2.21. The molecule has 0 atom stereocenters. The molecule has 28 heavy (non-hydrogen) atoms. The second-order valence-electron chi connectivity index (χ2n) is 5.45. The number of nitrogens with one attached hydrogen (secondary N) is 2. The molecule has 3 N–H and O–H groups in total. The topological polar surface area (TPSA) is 117 Å². The summed E-state index contributed by atoms with van der Waals surface area (Å²) in [7, 11) is 0. The van der Waals surface area contributed by atoms with Gasteiger partial charge in [0.05, 0.1) is 17.5 Å². The Kier molecular flexibility index (Phi) is 4.87. The fourth-order valence-corrected chi connectivity index (χ4v) is 3.43. The van der Waals surface area contributed by atoms with Gasteiger partial charge in [-0.1, -0.05) is 23.7 Å². The number of aromatic carboxylic acids is 1. The molecule has 0 aliphatic carbocycles. The second kappa shape index (κ2) is 7.62. The van der Waals surface area contributed by atoms with E-state index < -0.39 is 5.97 Å². The van der Waals surface area contributed by atoms with E-state index in [4.69, 9.17) is 11.6 Å². The molecule has 4 rings (SSSR count). The molecule has 0 saturated carbocycles. The summed E-state index contributed by atoms with van der Waals surface area (Å²) in [6.45, 7) is 0. The van der Waals surface area contributed by atoms with Crippen molar-refractivity contribution < 1.29 is 9.90 Å². The third-order valence-electron chi connectivity index (χ3n) is 3.68. The lowest BCUT2D eigenvalue weighted by atomic mass is 10.2. The molecule has 0 unspecified atom stereocenters. The molecule has 140 valence electrons. The van der Waals surface area contributed by atoms with Crippen LogP contribution < -0.4 is 10.7 Å². The number of thiazole rings is 1. The molecule has 3 heterocycles. The molecule has 0 aliphatic rings. The average molecular weight is 414 g/mol. The van der Waals surface area contributed by atoms with Crippen LogP contribution in [0.3, 0.4) is 0 Å². The lowest BCUT2D eigenvalue weighted by Crippen LogP contribution is -2.04. The van der Waals surface area contributed by atoms with E-state index in [9.17, 15) is 9.90 Å². The summed E-state index contributed by atoms with van der Waals surface area (Å²) >= 11 is 7.58. The van der Waals surface area contributed by atoms with Gasteiger partial charge in [0.25, 0.3) is 0 Å². The predicted octanol–water partition coefficient (Wildman–Crippen LogP) is 3.73. The molecule has 4 aromatic rings. The summed E-state index contributed by atoms with van der Waals surface area (Å²) in [5.74, 6) is -0.377. The van der Waals surface area contributed by atoms with E-state index in [0.29, 0.717) is 22.4 Å². The van der Waals surface area contributed by atoms with Crippen molar-refractivity contribution in [3.63, 3.8) is 0 Å². The van der Waals surface area contributed by atoms with Crippen molar-refractivity contribution in [2.45, 2.75) is 0 Å². The lowest BCUT2D eigenvalue weighted by molar-refractivity contribution is 0.0698. The number of fused-ring (bicyclic) bond motifs is 1. The molecule has 1 aromatic carbocycles. The van der Waals surface area contributed by atoms with Gasteiger partial charge in [0.1, 0.15) is 11.5 Å². The van der Waals surface area contributed by atoms with Crippen LogP contribution in [0, 0.1) is 0 Å². The zero-order valence-corrected chi connectivity index (χ0v) is 15.6. The molecule has 0 fully saturated rings. The van der Waals surface area contributed by atoms with Crippen LogP contribution >= 0.6 is 22.9 Å². The van der Waals surface area contributed by atoms with Crippen molar-refractivity contribution in [2.75, 3.05) is 10.7 Å². The standard InChI is InChI=1S/C17H12ClN7O2S/c18-14-12(25-7-8-28-17(25)23-14)9-20-24-16-19-6-5-13(22-16)21-11-4-2-1-3-10(11)15(26)27/h1-9H,(H,26,27)(H2,19,21,22,24). The van der Waals surface area contributed by atoms with Crippen molar-refractivity contribution in [3.05, 3.63) is 64.5 Å². The fourth-order valence-electron chi connectivity index (χ4n) is 2.44. The van der Waals surface area contributed by atoms with E-state index in [1.165, 1.54) is 29.8 Å². The number of imidazole rings is 1. The number of para-hydroxylation sites is 1. The van der Waals surface area contributed by atoms with Gasteiger partial charge in [-0.3, -0.25) is 4.40 Å². The van der Waals surface area contributed by atoms with Gasteiger partial charge in [-0.25, -0.2) is 20.2 Å². The highest BCUT2D eigenvalue weighted by Gasteiger charge is 2.10. The summed E-state index contributed by atoms with van der Waals surface area (Å²) in [5, 5.41) is 18.6. The van der Waals surface area contributed by atoms with Crippen LogP contribution in [0.5, 0.6) is 0 Å². The number of hydrazone groups is 1. The van der Waals surface area contributed by atoms with Gasteiger partial charge in [0.2, 0.25) is 5.95 Å². The highest BCUT2D eigenvalue weighted by atomic mass is 35.5. The van der Waals surface area contributed by atoms with Gasteiger partial charge in [-0.05, 0) is 18.2 Å². The summed E-state index contributed by atoms with van der Waals surface area (Å²) in [6, 6.07) is 8.18. The van der Waals surface area contributed by atoms with Gasteiger partial charge in [0.15, 0.2) is 10.1 Å². The molecular formula is C17H12ClN7O2S. The Balaban J connectivity index is 1.51. The van der Waals surface area contributed by atoms with Crippen molar-refractivity contribution in [2.24, 2.45) is 5.10 Å². The number of halogens is 1. The zero-order valence-electron chi connectivity index (χ0n) is 14.1. The van der Waals surface area contributed by atoms with E-state index in [2.05, 4.69) is 30.8 Å². The number of hydrogen-bond acceptors (Lipinski definition) is 8. The van der Waals surface area contributed by atoms with E-state index in [-0.39, 0.29) is 11.5 Å². The Labute approximate surface area is 167 Å². The monoisotopic (exact) mass is 413 g/mol. The zero-order chi connectivity index (χ0) is 19.5. The maximum atomic E-state index is 11.3. The third-order valence-corrected chi connectivity index (χ3v) is 4.72. The van der Waals surface area contributed by atoms with Gasteiger partial charge in [-0.2, -0.15) is 10.1 Å². The Morgan fingerprint density at radius 2 is 2.14 bits per heavy atom. The number of aromatic nitrogens is 4. The van der Waals surface area contributed by atoms with Crippen LogP contribution in [0.1, 0.15) is 16.1 Å². The minimum absolute atomic E-state index is 0.142. The normalized spacial score (nSPS) is 11.2. The molecule has 0 bridgehead atoms. The van der Waals surface area contributed by atoms with E-state index >= 15 is 0 Å². The lowest BCUT2D eigenvalue weighted by Gasteiger charge is -2.09. The first-order valence-corrected chi connectivity index (χ1v) is 9.20. The molecule has 9 nitrogen and oxygen atoms in total. The molecule has 0 amide bonds. The number of hydrogen-bond donors (Lipinski definition) is 3. The van der Waals surface area contributed by atoms with E-state index in [0.717, 1.165) is 4.96 Å². The number of anilines is 3. The van der Waals surface area contributed by atoms with Crippen LogP contribution in [0.25, 0.3) is 4.96 Å². The summed E-state index contributed by atoms with van der Waals surface area (Å²) in [4.78, 5) is 24.7. The first kappa shape index (κ1) is 17.9. The number of benzene rings is 1. The first-order chi connectivity index (χ1) is 13.6. The van der Waals surface area contributed by atoms with Crippen LogP contribution in [-0.4, -0.2) is 36.6 Å². The summed E-state index contributed by atoms with van der Waals surface area (Å²) in [5.41, 5.74) is 3.93. The third kappa shape index (κ3) is 3.63. The van der Waals surface area contributed by atoms with Crippen LogP contribution in [0.15, 0.2) is 53.2 Å². The minimum Gasteiger partial charge on any atom is -0.478 e. The largest absolute Gasteiger partial charge is 0.478 e. The predicted molar refractivity (Wildman–Crippen MR) is 108 cm³/mol. The van der Waals surface area contributed by atoms with Crippen molar-refractivity contribution >= 4 is 57.5 Å². The molecule has 0 radical (unpaired) electrons. The second-order valence-corrected chi connectivity index (χ2v) is 6.69. The molecule has 3 aromatic heterocycles. The van der Waals surface area contributed by atoms with Crippen molar-refractivity contribution in [1.82, 2.24) is 19.4 Å². The molecule has 11 heteroatoms. The molecule has 0 aliphatic heterocycles. The number of carboxylic acids is 1. The number of nitrogens with zero attached hydrogens (tertiary/aromatic N) is 5. The molecular weight excluding hydrogens is 402 g/mol. The Hall–Kier alpha value is -3.50. The molecule has 0 spiro atoms. The summed E-state index contributed by atoms with van der Waals surface area (Å²) < 4.78 is 1.82. The van der Waals surface area contributed by atoms with Crippen LogP contribution in [-0.2, 0) is 0 Å². The number of carbonyl (C=O) groups is 1. The SMILES string of the molecule is O=C(O)c1ccccc1Nc1ccnc(NN=Cc2c(Cl)nc3sccn23)n1. The van der Waals surface area contributed by atoms with E-state index in [1.54, 1.807) is 24.3 Å². The number of rotatable bonds is 6. The average Bonchev–Trinajstić information content (AvgIpc) is 3.24. The van der Waals surface area contributed by atoms with Crippen molar-refractivity contribution in [3.8, 4) is 0 Å². The van der Waals surface area contributed by atoms with Gasteiger partial charge in [-0.15, -0.1) is 11.3 Å². The first-order valence-electron chi connectivity index (χ1n) is 7.94. The smallest absolute Gasteiger partial charge is 0.337 e. The Morgan fingerprint density at radius 1 is 1.29 bits per heavy atom. The fraction of sp³-hybridized carbons (Fsp3) is 0. The van der Waals surface area contributed by atoms with Crippen LogP contribution in [0.2, 0.25) is 5.15 Å². The van der Waals surface area contributed by atoms with Crippen LogP contribution in [0.4, 0.5) is 17.5 Å². The maximum Gasteiger partial charge on any atom is 0.337 e. The minimum atomic E-state index is -1.03. The summed E-state index contributed by atoms with van der Waals surface area (Å²) in [6.07, 6.45) is 4.90. The number of carboxylic acid groups (broad SMARTS) is 1. The Morgan fingerprint density at radius 3 is 3.00 bits per heavy atom. The molecule has 0 saturated heterocycles. The van der Waals surface area contributed by atoms with Gasteiger partial charge >= 0.3 is 5.97 Å². The van der Waals surface area contributed by atoms with E-state index in [1.807, 2.05) is 16.0 Å². The van der Waals surface area contributed by atoms with Gasteiger partial charge in [0, 0.05) is 17.8 Å². The Bertz CT molecular complexity index is 1190. The van der Waals surface area contributed by atoms with Crippen molar-refractivity contribution in [1.29, 1.82) is 0 Å².